The molecule has 0 bridgehead atoms. The molecular formula is C12H18N4. The van der Waals surface area contributed by atoms with E-state index in [0.717, 1.165) is 24.1 Å². The molecule has 2 aliphatic carbocycles. The Morgan fingerprint density at radius 2 is 2.06 bits per heavy atom. The van der Waals surface area contributed by atoms with E-state index in [1.165, 1.54) is 25.7 Å². The van der Waals surface area contributed by atoms with Crippen LogP contribution >= 0.6 is 0 Å². The van der Waals surface area contributed by atoms with Crippen LogP contribution in [0.3, 0.4) is 0 Å². The Morgan fingerprint density at radius 3 is 2.62 bits per heavy atom. The first-order chi connectivity index (χ1) is 7.72. The molecule has 1 aromatic rings. The molecule has 0 spiro atoms. The average molecular weight is 218 g/mol. The van der Waals surface area contributed by atoms with Gasteiger partial charge in [0.25, 0.3) is 0 Å². The predicted octanol–water partition coefficient (Wildman–Crippen LogP) is 1.75. The van der Waals surface area contributed by atoms with Crippen molar-refractivity contribution < 1.29 is 0 Å². The highest BCUT2D eigenvalue weighted by molar-refractivity contribution is 5.49. The summed E-state index contributed by atoms with van der Waals surface area (Å²) in [5.41, 5.74) is 5.79. The number of nitrogens with two attached hydrogens (primary N) is 1. The van der Waals surface area contributed by atoms with E-state index in [2.05, 4.69) is 14.9 Å². The predicted molar refractivity (Wildman–Crippen MR) is 64.3 cm³/mol. The molecule has 2 saturated carbocycles. The summed E-state index contributed by atoms with van der Waals surface area (Å²) in [7, 11) is 0. The molecule has 2 aliphatic rings. The van der Waals surface area contributed by atoms with Gasteiger partial charge in [-0.15, -0.1) is 0 Å². The molecule has 0 aliphatic heterocycles. The smallest absolute Gasteiger partial charge is 0.134 e. The zero-order valence-corrected chi connectivity index (χ0v) is 9.69. The van der Waals surface area contributed by atoms with Crippen molar-refractivity contribution in [2.24, 2.45) is 5.92 Å². The van der Waals surface area contributed by atoms with Crippen molar-refractivity contribution in [3.63, 3.8) is 0 Å². The molecule has 1 aromatic heterocycles. The Hall–Kier alpha value is -1.32. The van der Waals surface area contributed by atoms with Crippen LogP contribution < -0.4 is 10.6 Å². The van der Waals surface area contributed by atoms with E-state index >= 15 is 0 Å². The number of aromatic nitrogens is 2. The topological polar surface area (TPSA) is 55.0 Å². The molecule has 3 rings (SSSR count). The number of aryl methyl sites for hydroxylation is 1. The molecule has 0 atom stereocenters. The molecule has 0 unspecified atom stereocenters. The molecule has 0 aromatic carbocycles. The summed E-state index contributed by atoms with van der Waals surface area (Å²) in [6.07, 6.45) is 5.36. The largest absolute Gasteiger partial charge is 0.384 e. The second-order valence-corrected chi connectivity index (χ2v) is 5.03. The lowest BCUT2D eigenvalue weighted by atomic mass is 10.3. The fourth-order valence-corrected chi connectivity index (χ4v) is 2.12. The zero-order valence-electron chi connectivity index (χ0n) is 9.69. The summed E-state index contributed by atoms with van der Waals surface area (Å²) in [6.45, 7) is 3.06. The summed E-state index contributed by atoms with van der Waals surface area (Å²) in [6, 6.07) is 2.61. The minimum absolute atomic E-state index is 0.587. The fourth-order valence-electron chi connectivity index (χ4n) is 2.12. The molecule has 4 heteroatoms. The maximum absolute atomic E-state index is 5.79. The molecule has 4 nitrogen and oxygen atoms in total. The van der Waals surface area contributed by atoms with Gasteiger partial charge in [0.2, 0.25) is 0 Å². The van der Waals surface area contributed by atoms with Crippen LogP contribution in [0.1, 0.15) is 31.5 Å². The highest BCUT2D eigenvalue weighted by Gasteiger charge is 2.34. The van der Waals surface area contributed by atoms with Crippen LogP contribution in [0.2, 0.25) is 0 Å². The van der Waals surface area contributed by atoms with Gasteiger partial charge < -0.3 is 10.6 Å². The molecule has 0 radical (unpaired) electrons. The lowest BCUT2D eigenvalue weighted by molar-refractivity contribution is 0.706. The zero-order chi connectivity index (χ0) is 11.1. The minimum Gasteiger partial charge on any atom is -0.384 e. The van der Waals surface area contributed by atoms with Gasteiger partial charge in [-0.1, -0.05) is 0 Å². The molecule has 16 heavy (non-hydrogen) atoms. The van der Waals surface area contributed by atoms with Crippen molar-refractivity contribution in [3.8, 4) is 0 Å². The van der Waals surface area contributed by atoms with E-state index in [4.69, 9.17) is 5.73 Å². The fraction of sp³-hybridized carbons (Fsp3) is 0.667. The average Bonchev–Trinajstić information content (AvgIpc) is 3.07. The van der Waals surface area contributed by atoms with Crippen LogP contribution in [0.25, 0.3) is 0 Å². The summed E-state index contributed by atoms with van der Waals surface area (Å²) in [5, 5.41) is 0. The first-order valence-corrected chi connectivity index (χ1v) is 6.10. The van der Waals surface area contributed by atoms with E-state index in [-0.39, 0.29) is 0 Å². The van der Waals surface area contributed by atoms with E-state index in [1.807, 2.05) is 13.0 Å². The number of hydrogen-bond donors (Lipinski definition) is 1. The lowest BCUT2D eigenvalue weighted by Crippen LogP contribution is -2.29. The summed E-state index contributed by atoms with van der Waals surface area (Å²) in [4.78, 5) is 11.1. The first-order valence-electron chi connectivity index (χ1n) is 6.10. The Labute approximate surface area is 95.9 Å². The standard InChI is InChI=1S/C12H18N4/c1-8-14-11(13)6-12(15-8)16(10-4-5-10)7-9-2-3-9/h6,9-10H,2-5,7H2,1H3,(H2,13,14,15). The number of hydrogen-bond acceptors (Lipinski definition) is 4. The van der Waals surface area contributed by atoms with Crippen LogP contribution in [0.4, 0.5) is 11.6 Å². The normalized spacial score (nSPS) is 19.8. The number of anilines is 2. The number of nitrogen functional groups attached to an aromatic ring is 1. The molecular weight excluding hydrogens is 200 g/mol. The second kappa shape index (κ2) is 3.61. The highest BCUT2D eigenvalue weighted by atomic mass is 15.2. The second-order valence-electron chi connectivity index (χ2n) is 5.03. The van der Waals surface area contributed by atoms with Gasteiger partial charge in [0.05, 0.1) is 0 Å². The van der Waals surface area contributed by atoms with Gasteiger partial charge >= 0.3 is 0 Å². The Kier molecular flexibility index (Phi) is 2.23. The third-order valence-electron chi connectivity index (χ3n) is 3.28. The molecule has 1 heterocycles. The lowest BCUT2D eigenvalue weighted by Gasteiger charge is -2.23. The minimum atomic E-state index is 0.587. The quantitative estimate of drug-likeness (QED) is 0.836. The van der Waals surface area contributed by atoms with Crippen molar-refractivity contribution in [3.05, 3.63) is 11.9 Å². The Morgan fingerprint density at radius 1 is 1.31 bits per heavy atom. The molecule has 0 saturated heterocycles. The summed E-state index contributed by atoms with van der Waals surface area (Å²) in [5.74, 6) is 3.27. The number of nitrogens with zero attached hydrogens (tertiary/aromatic N) is 3. The van der Waals surface area contributed by atoms with Crippen LogP contribution in [0.5, 0.6) is 0 Å². The monoisotopic (exact) mass is 218 g/mol. The maximum atomic E-state index is 5.79. The van der Waals surface area contributed by atoms with Crippen molar-refractivity contribution in [2.45, 2.75) is 38.6 Å². The van der Waals surface area contributed by atoms with Crippen molar-refractivity contribution >= 4 is 11.6 Å². The molecule has 86 valence electrons. The van der Waals surface area contributed by atoms with Gasteiger partial charge in [0.1, 0.15) is 17.5 Å². The highest BCUT2D eigenvalue weighted by Crippen LogP contribution is 2.37. The molecule has 0 amide bonds. The van der Waals surface area contributed by atoms with Gasteiger partial charge in [-0.2, -0.15) is 0 Å². The third kappa shape index (κ3) is 2.10. The number of rotatable bonds is 4. The van der Waals surface area contributed by atoms with Gasteiger partial charge in [0, 0.05) is 18.7 Å². The van der Waals surface area contributed by atoms with Crippen LogP contribution in [0.15, 0.2) is 6.07 Å². The van der Waals surface area contributed by atoms with Gasteiger partial charge in [-0.25, -0.2) is 9.97 Å². The maximum Gasteiger partial charge on any atom is 0.134 e. The first kappa shape index (κ1) is 9.87. The van der Waals surface area contributed by atoms with E-state index < -0.39 is 0 Å². The van der Waals surface area contributed by atoms with Crippen molar-refractivity contribution in [1.82, 2.24) is 9.97 Å². The van der Waals surface area contributed by atoms with Crippen molar-refractivity contribution in [2.75, 3.05) is 17.2 Å². The SMILES string of the molecule is Cc1nc(N)cc(N(CC2CC2)C2CC2)n1. The Bertz CT molecular complexity index is 376. The van der Waals surface area contributed by atoms with Gasteiger partial charge in [-0.05, 0) is 38.5 Å². The van der Waals surface area contributed by atoms with Crippen molar-refractivity contribution in [1.29, 1.82) is 0 Å². The van der Waals surface area contributed by atoms with Gasteiger partial charge in [0.15, 0.2) is 0 Å². The van der Waals surface area contributed by atoms with Gasteiger partial charge in [-0.3, -0.25) is 0 Å². The van der Waals surface area contributed by atoms with E-state index in [0.29, 0.717) is 11.9 Å². The van der Waals surface area contributed by atoms with Crippen LogP contribution in [0, 0.1) is 12.8 Å². The van der Waals surface area contributed by atoms with Crippen LogP contribution in [-0.2, 0) is 0 Å². The molecule has 2 fully saturated rings. The molecule has 2 N–H and O–H groups in total. The third-order valence-corrected chi connectivity index (χ3v) is 3.28. The summed E-state index contributed by atoms with van der Waals surface area (Å²) < 4.78 is 0. The van der Waals surface area contributed by atoms with E-state index in [9.17, 15) is 0 Å². The summed E-state index contributed by atoms with van der Waals surface area (Å²) >= 11 is 0. The van der Waals surface area contributed by atoms with Crippen LogP contribution in [-0.4, -0.2) is 22.6 Å². The Balaban J connectivity index is 1.84. The van der Waals surface area contributed by atoms with E-state index in [1.54, 1.807) is 0 Å².